The van der Waals surface area contributed by atoms with Crippen molar-refractivity contribution in [3.05, 3.63) is 34.9 Å². The molecular formula is C12H15NO2. The van der Waals surface area contributed by atoms with Crippen molar-refractivity contribution in [1.29, 1.82) is 0 Å². The Balaban J connectivity index is 2.06. The number of carbonyl (C=O) groups is 1. The number of alkyl carbamates (subject to hydrolysis) is 1. The lowest BCUT2D eigenvalue weighted by Gasteiger charge is -2.09. The number of benzene rings is 1. The number of ether oxygens (including phenoxy) is 1. The van der Waals surface area contributed by atoms with Gasteiger partial charge in [-0.25, -0.2) is 4.79 Å². The molecule has 0 radical (unpaired) electrons. The second-order valence-electron chi connectivity index (χ2n) is 4.01. The third-order valence-electron chi connectivity index (χ3n) is 2.80. The minimum Gasteiger partial charge on any atom is -0.453 e. The normalized spacial score (nSPS) is 18.4. The van der Waals surface area contributed by atoms with E-state index in [1.54, 1.807) is 0 Å². The minimum absolute atomic E-state index is 0.189. The molecule has 0 bridgehead atoms. The van der Waals surface area contributed by atoms with E-state index in [-0.39, 0.29) is 12.1 Å². The van der Waals surface area contributed by atoms with Crippen LogP contribution >= 0.6 is 0 Å². The van der Waals surface area contributed by atoms with Crippen molar-refractivity contribution in [3.63, 3.8) is 0 Å². The standard InChI is InChI=1S/C12H15NO2/c1-8-3-4-9-6-11(7-10(9)5-8)13-12(14)15-2/h3-5,11H,6-7H2,1-2H3,(H,13,14)/t11-/m1/s1. The number of hydrogen-bond acceptors (Lipinski definition) is 2. The van der Waals surface area contributed by atoms with Crippen molar-refractivity contribution in [2.24, 2.45) is 0 Å². The number of rotatable bonds is 1. The molecule has 1 atom stereocenters. The number of methoxy groups -OCH3 is 1. The molecule has 15 heavy (non-hydrogen) atoms. The molecule has 0 saturated heterocycles. The van der Waals surface area contributed by atoms with Crippen LogP contribution in [0, 0.1) is 6.92 Å². The first-order valence-electron chi connectivity index (χ1n) is 5.12. The van der Waals surface area contributed by atoms with Crippen LogP contribution in [0.25, 0.3) is 0 Å². The fourth-order valence-electron chi connectivity index (χ4n) is 2.07. The van der Waals surface area contributed by atoms with E-state index in [4.69, 9.17) is 0 Å². The Kier molecular flexibility index (Phi) is 2.62. The van der Waals surface area contributed by atoms with Crippen LogP contribution in [0.2, 0.25) is 0 Å². The first-order chi connectivity index (χ1) is 7.19. The molecule has 2 rings (SSSR count). The van der Waals surface area contributed by atoms with E-state index in [2.05, 4.69) is 35.2 Å². The van der Waals surface area contributed by atoms with E-state index in [0.717, 1.165) is 12.8 Å². The number of carbonyl (C=O) groups excluding carboxylic acids is 1. The number of amides is 1. The van der Waals surface area contributed by atoms with Gasteiger partial charge in [0.15, 0.2) is 0 Å². The summed E-state index contributed by atoms with van der Waals surface area (Å²) in [5.74, 6) is 0. The van der Waals surface area contributed by atoms with Crippen LogP contribution in [0.4, 0.5) is 4.79 Å². The Morgan fingerprint density at radius 3 is 2.87 bits per heavy atom. The summed E-state index contributed by atoms with van der Waals surface area (Å²) in [7, 11) is 1.39. The van der Waals surface area contributed by atoms with Gasteiger partial charge in [-0.3, -0.25) is 0 Å². The van der Waals surface area contributed by atoms with E-state index in [1.165, 1.54) is 23.8 Å². The zero-order chi connectivity index (χ0) is 10.8. The van der Waals surface area contributed by atoms with Gasteiger partial charge < -0.3 is 10.1 Å². The Morgan fingerprint density at radius 1 is 1.40 bits per heavy atom. The van der Waals surface area contributed by atoms with Gasteiger partial charge in [-0.05, 0) is 30.9 Å². The maximum Gasteiger partial charge on any atom is 0.407 e. The quantitative estimate of drug-likeness (QED) is 0.759. The van der Waals surface area contributed by atoms with Crippen molar-refractivity contribution in [1.82, 2.24) is 5.32 Å². The van der Waals surface area contributed by atoms with Gasteiger partial charge in [0.2, 0.25) is 0 Å². The van der Waals surface area contributed by atoms with Gasteiger partial charge in [0.05, 0.1) is 7.11 Å². The average Bonchev–Trinajstić information content (AvgIpc) is 2.59. The molecule has 0 aliphatic heterocycles. The van der Waals surface area contributed by atoms with Crippen molar-refractivity contribution in [2.45, 2.75) is 25.8 Å². The molecule has 1 N–H and O–H groups in total. The lowest BCUT2D eigenvalue weighted by Crippen LogP contribution is -2.35. The number of nitrogens with one attached hydrogen (secondary N) is 1. The van der Waals surface area contributed by atoms with Crippen molar-refractivity contribution in [3.8, 4) is 0 Å². The molecule has 0 spiro atoms. The minimum atomic E-state index is -0.343. The number of hydrogen-bond donors (Lipinski definition) is 1. The molecule has 0 fully saturated rings. The highest BCUT2D eigenvalue weighted by molar-refractivity contribution is 5.67. The predicted octanol–water partition coefficient (Wildman–Crippen LogP) is 1.82. The molecule has 80 valence electrons. The summed E-state index contributed by atoms with van der Waals surface area (Å²) >= 11 is 0. The van der Waals surface area contributed by atoms with Crippen LogP contribution in [0.1, 0.15) is 16.7 Å². The number of aryl methyl sites for hydroxylation is 1. The summed E-state index contributed by atoms with van der Waals surface area (Å²) in [6.07, 6.45) is 1.47. The van der Waals surface area contributed by atoms with Crippen molar-refractivity contribution in [2.75, 3.05) is 7.11 Å². The van der Waals surface area contributed by atoms with Crippen LogP contribution in [-0.4, -0.2) is 19.2 Å². The lowest BCUT2D eigenvalue weighted by molar-refractivity contribution is 0.167. The highest BCUT2D eigenvalue weighted by atomic mass is 16.5. The van der Waals surface area contributed by atoms with Gasteiger partial charge in [-0.2, -0.15) is 0 Å². The van der Waals surface area contributed by atoms with Gasteiger partial charge in [0.1, 0.15) is 0 Å². The monoisotopic (exact) mass is 205 g/mol. The fraction of sp³-hybridized carbons (Fsp3) is 0.417. The molecule has 0 saturated carbocycles. The molecule has 3 nitrogen and oxygen atoms in total. The highest BCUT2D eigenvalue weighted by Crippen LogP contribution is 2.23. The Labute approximate surface area is 89.4 Å². The molecule has 3 heteroatoms. The van der Waals surface area contributed by atoms with E-state index in [1.807, 2.05) is 0 Å². The third-order valence-corrected chi connectivity index (χ3v) is 2.80. The van der Waals surface area contributed by atoms with Crippen LogP contribution in [-0.2, 0) is 17.6 Å². The number of fused-ring (bicyclic) bond motifs is 1. The van der Waals surface area contributed by atoms with Gasteiger partial charge in [0, 0.05) is 6.04 Å². The average molecular weight is 205 g/mol. The van der Waals surface area contributed by atoms with Gasteiger partial charge in [-0.1, -0.05) is 23.8 Å². The van der Waals surface area contributed by atoms with Crippen LogP contribution < -0.4 is 5.32 Å². The van der Waals surface area contributed by atoms with Crippen LogP contribution in [0.15, 0.2) is 18.2 Å². The zero-order valence-corrected chi connectivity index (χ0v) is 9.04. The van der Waals surface area contributed by atoms with E-state index in [0.29, 0.717) is 0 Å². The maximum absolute atomic E-state index is 11.1. The Morgan fingerprint density at radius 2 is 2.13 bits per heavy atom. The zero-order valence-electron chi connectivity index (χ0n) is 9.04. The van der Waals surface area contributed by atoms with Gasteiger partial charge >= 0.3 is 6.09 Å². The summed E-state index contributed by atoms with van der Waals surface area (Å²) in [5.41, 5.74) is 3.95. The van der Waals surface area contributed by atoms with Crippen molar-refractivity contribution >= 4 is 6.09 Å². The van der Waals surface area contributed by atoms with Gasteiger partial charge in [0.25, 0.3) is 0 Å². The van der Waals surface area contributed by atoms with E-state index < -0.39 is 0 Å². The third kappa shape index (κ3) is 2.12. The van der Waals surface area contributed by atoms with Crippen LogP contribution in [0.3, 0.4) is 0 Å². The Bertz CT molecular complexity index is 387. The SMILES string of the molecule is COC(=O)N[C@@H]1Cc2ccc(C)cc2C1. The van der Waals surface area contributed by atoms with Crippen LogP contribution in [0.5, 0.6) is 0 Å². The van der Waals surface area contributed by atoms with E-state index >= 15 is 0 Å². The first kappa shape index (κ1) is 10.0. The predicted molar refractivity (Wildman–Crippen MR) is 57.9 cm³/mol. The summed E-state index contributed by atoms with van der Waals surface area (Å²) < 4.78 is 4.58. The second kappa shape index (κ2) is 3.93. The lowest BCUT2D eigenvalue weighted by atomic mass is 10.1. The molecule has 1 aliphatic carbocycles. The molecule has 0 unspecified atom stereocenters. The molecule has 1 aliphatic rings. The smallest absolute Gasteiger partial charge is 0.407 e. The molecule has 0 aromatic heterocycles. The maximum atomic E-state index is 11.1. The molecule has 1 aromatic rings. The van der Waals surface area contributed by atoms with E-state index in [9.17, 15) is 4.79 Å². The van der Waals surface area contributed by atoms with Gasteiger partial charge in [-0.15, -0.1) is 0 Å². The molecular weight excluding hydrogens is 190 g/mol. The Hall–Kier alpha value is -1.51. The second-order valence-corrected chi connectivity index (χ2v) is 4.01. The molecule has 1 amide bonds. The summed E-state index contributed by atoms with van der Waals surface area (Å²) in [4.78, 5) is 11.1. The van der Waals surface area contributed by atoms with Crippen molar-refractivity contribution < 1.29 is 9.53 Å². The first-order valence-corrected chi connectivity index (χ1v) is 5.12. The summed E-state index contributed by atoms with van der Waals surface area (Å²) in [6.45, 7) is 2.08. The largest absolute Gasteiger partial charge is 0.453 e. The molecule has 0 heterocycles. The topological polar surface area (TPSA) is 38.3 Å². The highest BCUT2D eigenvalue weighted by Gasteiger charge is 2.22. The fourth-order valence-corrected chi connectivity index (χ4v) is 2.07. The summed E-state index contributed by atoms with van der Waals surface area (Å²) in [6, 6.07) is 6.63. The molecule has 1 aromatic carbocycles. The summed E-state index contributed by atoms with van der Waals surface area (Å²) in [5, 5.41) is 2.83.